The quantitative estimate of drug-likeness (QED) is 0.788. The van der Waals surface area contributed by atoms with E-state index in [2.05, 4.69) is 0 Å². The standard InChI is InChI=1S/C13H22N2O2/c14-12(16)11-7-4-8-15(9-11)13(17)10-5-2-1-3-6-10/h10-11H,1-9H2,(H2,14,16). The maximum absolute atomic E-state index is 12.3. The van der Waals surface area contributed by atoms with Gasteiger partial charge in [0.25, 0.3) is 0 Å². The fourth-order valence-corrected chi connectivity index (χ4v) is 3.02. The van der Waals surface area contributed by atoms with E-state index < -0.39 is 0 Å². The zero-order valence-corrected chi connectivity index (χ0v) is 10.4. The smallest absolute Gasteiger partial charge is 0.225 e. The van der Waals surface area contributed by atoms with E-state index in [1.807, 2.05) is 4.90 Å². The number of amides is 2. The van der Waals surface area contributed by atoms with Gasteiger partial charge in [-0.1, -0.05) is 19.3 Å². The van der Waals surface area contributed by atoms with Crippen LogP contribution in [0.2, 0.25) is 0 Å². The molecule has 1 unspecified atom stereocenters. The Morgan fingerprint density at radius 1 is 0.941 bits per heavy atom. The number of carbonyl (C=O) groups excluding carboxylic acids is 2. The fourth-order valence-electron chi connectivity index (χ4n) is 3.02. The van der Waals surface area contributed by atoms with Crippen LogP contribution in [0, 0.1) is 11.8 Å². The van der Waals surface area contributed by atoms with Gasteiger partial charge in [-0.3, -0.25) is 9.59 Å². The second kappa shape index (κ2) is 5.52. The molecule has 4 nitrogen and oxygen atoms in total. The molecule has 1 heterocycles. The van der Waals surface area contributed by atoms with Crippen molar-refractivity contribution in [2.75, 3.05) is 13.1 Å². The number of rotatable bonds is 2. The van der Waals surface area contributed by atoms with E-state index in [4.69, 9.17) is 5.73 Å². The molecule has 0 bridgehead atoms. The average Bonchev–Trinajstić information content (AvgIpc) is 2.39. The van der Waals surface area contributed by atoms with Crippen molar-refractivity contribution < 1.29 is 9.59 Å². The molecule has 2 aliphatic rings. The van der Waals surface area contributed by atoms with Crippen LogP contribution in [0.3, 0.4) is 0 Å². The predicted octanol–water partition coefficient (Wildman–Crippen LogP) is 1.29. The molecule has 1 atom stereocenters. The van der Waals surface area contributed by atoms with Crippen LogP contribution in [0.25, 0.3) is 0 Å². The Labute approximate surface area is 103 Å². The first-order chi connectivity index (χ1) is 8.18. The molecule has 0 aromatic heterocycles. The van der Waals surface area contributed by atoms with Crippen molar-refractivity contribution in [1.82, 2.24) is 4.90 Å². The van der Waals surface area contributed by atoms with Crippen molar-refractivity contribution in [2.45, 2.75) is 44.9 Å². The van der Waals surface area contributed by atoms with Crippen molar-refractivity contribution in [3.05, 3.63) is 0 Å². The average molecular weight is 238 g/mol. The Balaban J connectivity index is 1.91. The highest BCUT2D eigenvalue weighted by molar-refractivity contribution is 5.81. The fraction of sp³-hybridized carbons (Fsp3) is 0.846. The van der Waals surface area contributed by atoms with Gasteiger partial charge in [0.1, 0.15) is 0 Å². The molecule has 0 radical (unpaired) electrons. The Kier molecular flexibility index (Phi) is 4.02. The number of primary amides is 1. The Hall–Kier alpha value is -1.06. The summed E-state index contributed by atoms with van der Waals surface area (Å²) in [6.45, 7) is 1.35. The van der Waals surface area contributed by atoms with Crippen molar-refractivity contribution in [2.24, 2.45) is 17.6 Å². The Morgan fingerprint density at radius 3 is 2.24 bits per heavy atom. The molecule has 2 N–H and O–H groups in total. The summed E-state index contributed by atoms with van der Waals surface area (Å²) in [5.41, 5.74) is 5.33. The van der Waals surface area contributed by atoms with Gasteiger partial charge in [-0.2, -0.15) is 0 Å². The van der Waals surface area contributed by atoms with Gasteiger partial charge in [-0.05, 0) is 25.7 Å². The first kappa shape index (κ1) is 12.4. The van der Waals surface area contributed by atoms with Gasteiger partial charge in [-0.15, -0.1) is 0 Å². The van der Waals surface area contributed by atoms with E-state index in [9.17, 15) is 9.59 Å². The van der Waals surface area contributed by atoms with Crippen LogP contribution in [-0.4, -0.2) is 29.8 Å². The van der Waals surface area contributed by atoms with Crippen molar-refractivity contribution in [1.29, 1.82) is 0 Å². The zero-order valence-electron chi connectivity index (χ0n) is 10.4. The lowest BCUT2D eigenvalue weighted by atomic mass is 9.87. The largest absolute Gasteiger partial charge is 0.369 e. The van der Waals surface area contributed by atoms with Crippen LogP contribution in [0.4, 0.5) is 0 Å². The van der Waals surface area contributed by atoms with E-state index in [1.165, 1.54) is 19.3 Å². The molecule has 0 aromatic carbocycles. The second-order valence-electron chi connectivity index (χ2n) is 5.36. The zero-order chi connectivity index (χ0) is 12.3. The molecule has 2 fully saturated rings. The molecule has 4 heteroatoms. The number of carbonyl (C=O) groups is 2. The molecule has 96 valence electrons. The molecule has 0 spiro atoms. The van der Waals surface area contributed by atoms with Gasteiger partial charge in [0.2, 0.25) is 11.8 Å². The highest BCUT2D eigenvalue weighted by Crippen LogP contribution is 2.27. The van der Waals surface area contributed by atoms with E-state index in [0.717, 1.165) is 32.2 Å². The van der Waals surface area contributed by atoms with Crippen LogP contribution in [0.15, 0.2) is 0 Å². The molecule has 2 amide bonds. The molecule has 2 rings (SSSR count). The Bertz CT molecular complexity index is 298. The van der Waals surface area contributed by atoms with Crippen molar-refractivity contribution in [3.63, 3.8) is 0 Å². The lowest BCUT2D eigenvalue weighted by Gasteiger charge is -2.34. The topological polar surface area (TPSA) is 63.4 Å². The Morgan fingerprint density at radius 2 is 1.59 bits per heavy atom. The summed E-state index contributed by atoms with van der Waals surface area (Å²) >= 11 is 0. The number of nitrogens with zero attached hydrogens (tertiary/aromatic N) is 1. The van der Waals surface area contributed by atoms with Gasteiger partial charge in [0, 0.05) is 19.0 Å². The summed E-state index contributed by atoms with van der Waals surface area (Å²) in [5.74, 6) is 0.0773. The van der Waals surface area contributed by atoms with Crippen molar-refractivity contribution >= 4 is 11.8 Å². The van der Waals surface area contributed by atoms with Gasteiger partial charge < -0.3 is 10.6 Å². The first-order valence-electron chi connectivity index (χ1n) is 6.76. The minimum Gasteiger partial charge on any atom is -0.369 e. The molecule has 1 saturated carbocycles. The predicted molar refractivity (Wildman–Crippen MR) is 65.1 cm³/mol. The molecular weight excluding hydrogens is 216 g/mol. The summed E-state index contributed by atoms with van der Waals surface area (Å²) in [6.07, 6.45) is 7.39. The number of hydrogen-bond acceptors (Lipinski definition) is 2. The number of nitrogens with two attached hydrogens (primary N) is 1. The number of hydrogen-bond donors (Lipinski definition) is 1. The molecule has 1 saturated heterocycles. The molecule has 1 aliphatic heterocycles. The van der Waals surface area contributed by atoms with Crippen LogP contribution < -0.4 is 5.73 Å². The molecule has 0 aromatic rings. The molecular formula is C13H22N2O2. The van der Waals surface area contributed by atoms with E-state index in [-0.39, 0.29) is 23.7 Å². The highest BCUT2D eigenvalue weighted by Gasteiger charge is 2.31. The van der Waals surface area contributed by atoms with E-state index >= 15 is 0 Å². The maximum atomic E-state index is 12.3. The minimum absolute atomic E-state index is 0.128. The molecule has 1 aliphatic carbocycles. The van der Waals surface area contributed by atoms with Crippen LogP contribution in [0.1, 0.15) is 44.9 Å². The highest BCUT2D eigenvalue weighted by atomic mass is 16.2. The van der Waals surface area contributed by atoms with E-state index in [1.54, 1.807) is 0 Å². The summed E-state index contributed by atoms with van der Waals surface area (Å²) in [7, 11) is 0. The van der Waals surface area contributed by atoms with Gasteiger partial charge in [0.05, 0.1) is 5.92 Å². The number of piperidine rings is 1. The number of likely N-dealkylation sites (tertiary alicyclic amines) is 1. The maximum Gasteiger partial charge on any atom is 0.225 e. The van der Waals surface area contributed by atoms with Crippen molar-refractivity contribution in [3.8, 4) is 0 Å². The summed E-state index contributed by atoms with van der Waals surface area (Å²) in [4.78, 5) is 25.3. The van der Waals surface area contributed by atoms with E-state index in [0.29, 0.717) is 6.54 Å². The molecule has 17 heavy (non-hydrogen) atoms. The summed E-state index contributed by atoms with van der Waals surface area (Å²) in [6, 6.07) is 0. The van der Waals surface area contributed by atoms with Gasteiger partial charge >= 0.3 is 0 Å². The van der Waals surface area contributed by atoms with Crippen LogP contribution >= 0.6 is 0 Å². The van der Waals surface area contributed by atoms with Gasteiger partial charge in [-0.25, -0.2) is 0 Å². The lowest BCUT2D eigenvalue weighted by Crippen LogP contribution is -2.46. The van der Waals surface area contributed by atoms with Gasteiger partial charge in [0.15, 0.2) is 0 Å². The second-order valence-corrected chi connectivity index (χ2v) is 5.36. The summed E-state index contributed by atoms with van der Waals surface area (Å²) in [5, 5.41) is 0. The lowest BCUT2D eigenvalue weighted by molar-refractivity contribution is -0.139. The summed E-state index contributed by atoms with van der Waals surface area (Å²) < 4.78 is 0. The third-order valence-corrected chi connectivity index (χ3v) is 4.09. The monoisotopic (exact) mass is 238 g/mol. The van der Waals surface area contributed by atoms with Crippen LogP contribution in [0.5, 0.6) is 0 Å². The third kappa shape index (κ3) is 2.99. The SMILES string of the molecule is NC(=O)C1CCCN(C(=O)C2CCCCC2)C1. The third-order valence-electron chi connectivity index (χ3n) is 4.09. The van der Waals surface area contributed by atoms with Crippen LogP contribution in [-0.2, 0) is 9.59 Å². The first-order valence-corrected chi connectivity index (χ1v) is 6.76. The normalized spacial score (nSPS) is 26.8. The minimum atomic E-state index is -0.258.